The van der Waals surface area contributed by atoms with Gasteiger partial charge in [0.2, 0.25) is 0 Å². The third-order valence-electron chi connectivity index (χ3n) is 8.02. The molecule has 3 rings (SSSR count). The van der Waals surface area contributed by atoms with Crippen molar-refractivity contribution in [3.05, 3.63) is 11.6 Å². The molecule has 0 saturated heterocycles. The molecule has 3 saturated carbocycles. The van der Waals surface area contributed by atoms with Crippen LogP contribution in [0, 0.1) is 34.5 Å². The second-order valence-electron chi connectivity index (χ2n) is 9.11. The number of Topliss-reactive ketones (excluding diaryl/α,β-unsaturated/α-hetero) is 1. The summed E-state index contributed by atoms with van der Waals surface area (Å²) >= 11 is 0. The minimum absolute atomic E-state index is 0.0139. The molecule has 0 aliphatic heterocycles. The first-order chi connectivity index (χ1) is 12.1. The van der Waals surface area contributed by atoms with Gasteiger partial charge in [-0.3, -0.25) is 14.4 Å². The van der Waals surface area contributed by atoms with Crippen LogP contribution in [0.2, 0.25) is 0 Å². The van der Waals surface area contributed by atoms with Crippen LogP contribution in [0.4, 0.5) is 0 Å². The van der Waals surface area contributed by atoms with E-state index in [4.69, 9.17) is 0 Å². The molecule has 0 spiro atoms. The van der Waals surface area contributed by atoms with Crippen LogP contribution in [0.15, 0.2) is 11.6 Å². The summed E-state index contributed by atoms with van der Waals surface area (Å²) in [5.41, 5.74) is 0.334. The quantitative estimate of drug-likeness (QED) is 0.740. The molecular formula is C21H30O5. The lowest BCUT2D eigenvalue weighted by Crippen LogP contribution is -2.52. The van der Waals surface area contributed by atoms with Gasteiger partial charge in [0.15, 0.2) is 5.78 Å². The minimum atomic E-state index is -0.853. The summed E-state index contributed by atoms with van der Waals surface area (Å²) in [5, 5.41) is 18.8. The average molecular weight is 362 g/mol. The molecule has 0 amide bonds. The fourth-order valence-corrected chi connectivity index (χ4v) is 6.83. The van der Waals surface area contributed by atoms with Crippen molar-refractivity contribution in [1.82, 2.24) is 0 Å². The van der Waals surface area contributed by atoms with Crippen LogP contribution in [0.25, 0.3) is 0 Å². The summed E-state index contributed by atoms with van der Waals surface area (Å²) in [6.45, 7) is 6.12. The van der Waals surface area contributed by atoms with E-state index in [9.17, 15) is 24.6 Å². The Bertz CT molecular complexity index is 665. The Labute approximate surface area is 154 Å². The zero-order valence-corrected chi connectivity index (χ0v) is 16.0. The third-order valence-corrected chi connectivity index (χ3v) is 8.02. The van der Waals surface area contributed by atoms with Gasteiger partial charge in [-0.05, 0) is 72.7 Å². The predicted molar refractivity (Wildman–Crippen MR) is 96.5 cm³/mol. The monoisotopic (exact) mass is 362 g/mol. The molecule has 3 aliphatic rings. The molecule has 144 valence electrons. The van der Waals surface area contributed by atoms with E-state index in [2.05, 4.69) is 6.92 Å². The maximum absolute atomic E-state index is 12.6. The van der Waals surface area contributed by atoms with Crippen LogP contribution in [-0.2, 0) is 14.4 Å². The molecule has 6 unspecified atom stereocenters. The van der Waals surface area contributed by atoms with Crippen LogP contribution in [0.1, 0.15) is 65.7 Å². The Morgan fingerprint density at radius 3 is 2.38 bits per heavy atom. The number of rotatable bonds is 4. The van der Waals surface area contributed by atoms with E-state index >= 15 is 0 Å². The Morgan fingerprint density at radius 1 is 1.12 bits per heavy atom. The molecule has 3 aliphatic carbocycles. The van der Waals surface area contributed by atoms with Crippen LogP contribution < -0.4 is 0 Å². The normalized spacial score (nSPS) is 43.8. The highest BCUT2D eigenvalue weighted by Crippen LogP contribution is 2.65. The number of carboxylic acid groups (broad SMARTS) is 2. The van der Waals surface area contributed by atoms with Gasteiger partial charge in [0.1, 0.15) is 0 Å². The molecule has 26 heavy (non-hydrogen) atoms. The Balaban J connectivity index is 1.96. The largest absolute Gasteiger partial charge is 0.481 e. The first kappa shape index (κ1) is 19.1. The van der Waals surface area contributed by atoms with Crippen molar-refractivity contribution in [2.45, 2.75) is 65.7 Å². The topological polar surface area (TPSA) is 91.7 Å². The lowest BCUT2D eigenvalue weighted by Gasteiger charge is -2.57. The molecule has 0 bridgehead atoms. The third kappa shape index (κ3) is 2.80. The maximum Gasteiger partial charge on any atom is 0.303 e. The highest BCUT2D eigenvalue weighted by Gasteiger charge is 2.60. The molecule has 0 aromatic rings. The molecule has 5 nitrogen and oxygen atoms in total. The van der Waals surface area contributed by atoms with Gasteiger partial charge < -0.3 is 10.2 Å². The highest BCUT2D eigenvalue weighted by molar-refractivity contribution is 5.99. The number of hydrogen-bond acceptors (Lipinski definition) is 3. The molecule has 0 heterocycles. The van der Waals surface area contributed by atoms with Crippen molar-refractivity contribution in [1.29, 1.82) is 0 Å². The van der Waals surface area contributed by atoms with Gasteiger partial charge in [0.25, 0.3) is 0 Å². The summed E-state index contributed by atoms with van der Waals surface area (Å²) in [4.78, 5) is 35.5. The molecule has 5 heteroatoms. The van der Waals surface area contributed by atoms with E-state index in [-0.39, 0.29) is 41.8 Å². The lowest BCUT2D eigenvalue weighted by molar-refractivity contribution is -0.154. The van der Waals surface area contributed by atoms with E-state index in [1.807, 2.05) is 19.9 Å². The fraction of sp³-hybridized carbons (Fsp3) is 0.762. The van der Waals surface area contributed by atoms with Crippen molar-refractivity contribution < 1.29 is 24.6 Å². The Kier molecular flexibility index (Phi) is 4.78. The average Bonchev–Trinajstić information content (AvgIpc) is 2.79. The highest BCUT2D eigenvalue weighted by atomic mass is 16.4. The second kappa shape index (κ2) is 6.50. The number of aliphatic carboxylic acids is 2. The Hall–Kier alpha value is -1.65. The summed E-state index contributed by atoms with van der Waals surface area (Å²) in [7, 11) is 0. The predicted octanol–water partition coefficient (Wildman–Crippen LogP) is 3.92. The molecular weight excluding hydrogens is 332 g/mol. The van der Waals surface area contributed by atoms with Gasteiger partial charge in [-0.15, -0.1) is 0 Å². The first-order valence-corrected chi connectivity index (χ1v) is 9.77. The molecule has 2 N–H and O–H groups in total. The zero-order chi connectivity index (χ0) is 19.3. The summed E-state index contributed by atoms with van der Waals surface area (Å²) in [6, 6.07) is 0. The smallest absolute Gasteiger partial charge is 0.303 e. The molecule has 0 aromatic carbocycles. The number of fused-ring (bicyclic) bond motifs is 3. The molecule has 0 aromatic heterocycles. The van der Waals surface area contributed by atoms with E-state index in [1.54, 1.807) is 0 Å². The van der Waals surface area contributed by atoms with E-state index in [0.717, 1.165) is 31.3 Å². The number of carbonyl (C=O) groups excluding carboxylic acids is 1. The van der Waals surface area contributed by atoms with Crippen molar-refractivity contribution in [3.63, 3.8) is 0 Å². The van der Waals surface area contributed by atoms with Crippen molar-refractivity contribution in [3.8, 4) is 0 Å². The van der Waals surface area contributed by atoms with E-state index in [1.165, 1.54) is 0 Å². The molecule has 6 atom stereocenters. The summed E-state index contributed by atoms with van der Waals surface area (Å²) in [5.74, 6) is -0.818. The standard InChI is InChI=1S/C21H30O5/c1-4-14-17(22)10-16-13-6-5-12(9-18(23)24)21(3,11-19(25)26)15(13)7-8-20(14,16)2/h4,12-13,15-16H,5-11H2,1-3H3,(H,23,24)(H,25,26). The number of carboxylic acids is 2. The molecule has 0 radical (unpaired) electrons. The van der Waals surface area contributed by atoms with E-state index < -0.39 is 17.4 Å². The first-order valence-electron chi connectivity index (χ1n) is 9.77. The Morgan fingerprint density at radius 2 is 1.81 bits per heavy atom. The van der Waals surface area contributed by atoms with Gasteiger partial charge >= 0.3 is 11.9 Å². The summed E-state index contributed by atoms with van der Waals surface area (Å²) < 4.78 is 0. The maximum atomic E-state index is 12.6. The zero-order valence-electron chi connectivity index (χ0n) is 16.0. The van der Waals surface area contributed by atoms with Crippen molar-refractivity contribution in [2.24, 2.45) is 34.5 Å². The van der Waals surface area contributed by atoms with Gasteiger partial charge in [0.05, 0.1) is 6.42 Å². The lowest BCUT2D eigenvalue weighted by atomic mass is 9.46. The summed E-state index contributed by atoms with van der Waals surface area (Å²) in [6.07, 6.45) is 5.99. The van der Waals surface area contributed by atoms with Gasteiger partial charge in [0, 0.05) is 12.8 Å². The van der Waals surface area contributed by atoms with Gasteiger partial charge in [-0.1, -0.05) is 19.9 Å². The second-order valence-corrected chi connectivity index (χ2v) is 9.11. The number of allylic oxidation sites excluding steroid dienone is 2. The number of hydrogen-bond donors (Lipinski definition) is 2. The van der Waals surface area contributed by atoms with Crippen molar-refractivity contribution >= 4 is 17.7 Å². The van der Waals surface area contributed by atoms with Gasteiger partial charge in [-0.25, -0.2) is 0 Å². The van der Waals surface area contributed by atoms with Crippen LogP contribution >= 0.6 is 0 Å². The van der Waals surface area contributed by atoms with Crippen LogP contribution in [0.5, 0.6) is 0 Å². The van der Waals surface area contributed by atoms with Crippen molar-refractivity contribution in [2.75, 3.05) is 0 Å². The minimum Gasteiger partial charge on any atom is -0.481 e. The van der Waals surface area contributed by atoms with Gasteiger partial charge in [-0.2, -0.15) is 0 Å². The van der Waals surface area contributed by atoms with E-state index in [0.29, 0.717) is 12.3 Å². The number of carbonyl (C=O) groups is 3. The number of ketones is 1. The van der Waals surface area contributed by atoms with Crippen LogP contribution in [-0.4, -0.2) is 27.9 Å². The van der Waals surface area contributed by atoms with Crippen LogP contribution in [0.3, 0.4) is 0 Å². The molecule has 3 fully saturated rings. The fourth-order valence-electron chi connectivity index (χ4n) is 6.83. The SMILES string of the molecule is CC=C1C(=O)CC2C3CCC(CC(=O)O)C(C)(CC(=O)O)C3CCC12C.